The Balaban J connectivity index is 1.83. The molecule has 7 heteroatoms. The van der Waals surface area contributed by atoms with E-state index < -0.39 is 11.9 Å². The maximum Gasteiger partial charge on any atom is 0.308 e. The Hall–Kier alpha value is -2.70. The number of carboxylic acid groups (broad SMARTS) is 1. The molecule has 6 nitrogen and oxygen atoms in total. The average molecular weight is 317 g/mol. The van der Waals surface area contributed by atoms with Crippen molar-refractivity contribution in [2.45, 2.75) is 13.3 Å². The monoisotopic (exact) mass is 317 g/mol. The normalized spacial score (nSPS) is 17.5. The summed E-state index contributed by atoms with van der Waals surface area (Å²) in [5.74, 6) is -1.95. The second-order valence-electron chi connectivity index (χ2n) is 5.61. The number of carboxylic acids is 1. The van der Waals surface area contributed by atoms with Gasteiger partial charge in [0.15, 0.2) is 0 Å². The second kappa shape index (κ2) is 5.83. The van der Waals surface area contributed by atoms with Crippen molar-refractivity contribution >= 4 is 11.9 Å². The summed E-state index contributed by atoms with van der Waals surface area (Å²) in [6.07, 6.45) is 1.93. The van der Waals surface area contributed by atoms with Gasteiger partial charge in [0, 0.05) is 13.1 Å². The molecule has 0 saturated carbocycles. The number of likely N-dealkylation sites (tertiary alicyclic amines) is 1. The molecular weight excluding hydrogens is 301 g/mol. The van der Waals surface area contributed by atoms with Gasteiger partial charge in [-0.15, -0.1) is 0 Å². The van der Waals surface area contributed by atoms with Crippen molar-refractivity contribution in [3.05, 3.63) is 47.5 Å². The number of carbonyl (C=O) groups excluding carboxylic acids is 1. The van der Waals surface area contributed by atoms with Gasteiger partial charge < -0.3 is 10.0 Å². The van der Waals surface area contributed by atoms with E-state index in [0.29, 0.717) is 29.9 Å². The van der Waals surface area contributed by atoms with Gasteiger partial charge in [-0.05, 0) is 37.6 Å². The van der Waals surface area contributed by atoms with E-state index in [0.717, 1.165) is 0 Å². The third-order valence-electron chi connectivity index (χ3n) is 4.14. The number of aliphatic carboxylic acids is 1. The largest absolute Gasteiger partial charge is 0.481 e. The molecule has 0 spiro atoms. The average Bonchev–Trinajstić information content (AvgIpc) is 3.15. The molecule has 1 saturated heterocycles. The van der Waals surface area contributed by atoms with Crippen LogP contribution in [0.5, 0.6) is 0 Å². The quantitative estimate of drug-likeness (QED) is 0.937. The van der Waals surface area contributed by atoms with E-state index in [9.17, 15) is 14.0 Å². The molecule has 2 heterocycles. The zero-order valence-corrected chi connectivity index (χ0v) is 12.6. The van der Waals surface area contributed by atoms with Crippen molar-refractivity contribution in [1.82, 2.24) is 14.7 Å². The first-order valence-electron chi connectivity index (χ1n) is 7.30. The van der Waals surface area contributed by atoms with Crippen LogP contribution in [0.15, 0.2) is 30.5 Å². The highest BCUT2D eigenvalue weighted by molar-refractivity contribution is 5.95. The Morgan fingerprint density at radius 3 is 2.61 bits per heavy atom. The minimum absolute atomic E-state index is 0.218. The number of carbonyl (C=O) groups is 2. The SMILES string of the molecule is Cc1c(C(=O)N2CC[C@@H](C(=O)O)C2)cnn1-c1ccc(F)cc1. The third-order valence-corrected chi connectivity index (χ3v) is 4.14. The fraction of sp³-hybridized carbons (Fsp3) is 0.312. The molecule has 0 radical (unpaired) electrons. The highest BCUT2D eigenvalue weighted by Gasteiger charge is 2.32. The van der Waals surface area contributed by atoms with E-state index in [1.807, 2.05) is 0 Å². The summed E-state index contributed by atoms with van der Waals surface area (Å²) in [4.78, 5) is 25.1. The summed E-state index contributed by atoms with van der Waals surface area (Å²) in [6.45, 7) is 2.40. The molecular formula is C16H16FN3O3. The summed E-state index contributed by atoms with van der Waals surface area (Å²) < 4.78 is 14.6. The van der Waals surface area contributed by atoms with Gasteiger partial charge >= 0.3 is 5.97 Å². The number of rotatable bonds is 3. The molecule has 23 heavy (non-hydrogen) atoms. The van der Waals surface area contributed by atoms with E-state index in [4.69, 9.17) is 5.11 Å². The lowest BCUT2D eigenvalue weighted by Gasteiger charge is -2.15. The van der Waals surface area contributed by atoms with Gasteiger partial charge in [0.05, 0.1) is 29.1 Å². The van der Waals surface area contributed by atoms with Crippen molar-refractivity contribution in [3.8, 4) is 5.69 Å². The number of amides is 1. The fourth-order valence-electron chi connectivity index (χ4n) is 2.78. The first-order chi connectivity index (χ1) is 11.0. The van der Waals surface area contributed by atoms with Crippen LogP contribution < -0.4 is 0 Å². The molecule has 0 aliphatic carbocycles. The molecule has 1 N–H and O–H groups in total. The van der Waals surface area contributed by atoms with Gasteiger partial charge in [0.25, 0.3) is 5.91 Å². The van der Waals surface area contributed by atoms with Crippen molar-refractivity contribution in [2.75, 3.05) is 13.1 Å². The van der Waals surface area contributed by atoms with Crippen LogP contribution in [0.1, 0.15) is 22.5 Å². The topological polar surface area (TPSA) is 75.4 Å². The van der Waals surface area contributed by atoms with Gasteiger partial charge in [0.1, 0.15) is 5.82 Å². The smallest absolute Gasteiger partial charge is 0.308 e. The Labute approximate surface area is 132 Å². The molecule has 120 valence electrons. The number of halogens is 1. The van der Waals surface area contributed by atoms with Gasteiger partial charge in [0.2, 0.25) is 0 Å². The summed E-state index contributed by atoms with van der Waals surface area (Å²) in [6, 6.07) is 5.82. The van der Waals surface area contributed by atoms with Crippen molar-refractivity contribution < 1.29 is 19.1 Å². The Kier molecular flexibility index (Phi) is 3.85. The first kappa shape index (κ1) is 15.2. The lowest BCUT2D eigenvalue weighted by atomic mass is 10.1. The maximum atomic E-state index is 13.0. The first-order valence-corrected chi connectivity index (χ1v) is 7.30. The van der Waals surface area contributed by atoms with Crippen molar-refractivity contribution in [3.63, 3.8) is 0 Å². The van der Waals surface area contributed by atoms with E-state index in [1.165, 1.54) is 23.2 Å². The van der Waals surface area contributed by atoms with Crippen LogP contribution in [0.3, 0.4) is 0 Å². The third kappa shape index (κ3) is 2.81. The van der Waals surface area contributed by atoms with Gasteiger partial charge in [-0.2, -0.15) is 5.10 Å². The lowest BCUT2D eigenvalue weighted by Crippen LogP contribution is -2.30. The van der Waals surface area contributed by atoms with Crippen LogP contribution in [0.4, 0.5) is 4.39 Å². The Morgan fingerprint density at radius 2 is 2.00 bits per heavy atom. The predicted octanol–water partition coefficient (Wildman–Crippen LogP) is 1.87. The summed E-state index contributed by atoms with van der Waals surface area (Å²) >= 11 is 0. The van der Waals surface area contributed by atoms with Crippen LogP contribution in [0.25, 0.3) is 5.69 Å². The molecule has 2 aromatic rings. The summed E-state index contributed by atoms with van der Waals surface area (Å²) in [7, 11) is 0. The molecule has 1 amide bonds. The molecule has 0 bridgehead atoms. The van der Waals surface area contributed by atoms with E-state index in [1.54, 1.807) is 23.7 Å². The van der Waals surface area contributed by atoms with Gasteiger partial charge in [-0.1, -0.05) is 0 Å². The highest BCUT2D eigenvalue weighted by atomic mass is 19.1. The molecule has 1 atom stereocenters. The molecule has 1 aromatic heterocycles. The van der Waals surface area contributed by atoms with Gasteiger partial charge in [-0.25, -0.2) is 9.07 Å². The van der Waals surface area contributed by atoms with Crippen LogP contribution in [0, 0.1) is 18.7 Å². The number of aromatic nitrogens is 2. The van der Waals surface area contributed by atoms with E-state index in [2.05, 4.69) is 5.10 Å². The molecule has 0 unspecified atom stereocenters. The van der Waals surface area contributed by atoms with Crippen LogP contribution in [0.2, 0.25) is 0 Å². The lowest BCUT2D eigenvalue weighted by molar-refractivity contribution is -0.141. The predicted molar refractivity (Wildman–Crippen MR) is 79.9 cm³/mol. The van der Waals surface area contributed by atoms with Gasteiger partial charge in [-0.3, -0.25) is 9.59 Å². The number of hydrogen-bond acceptors (Lipinski definition) is 3. The van der Waals surface area contributed by atoms with E-state index in [-0.39, 0.29) is 18.3 Å². The number of nitrogens with zero attached hydrogens (tertiary/aromatic N) is 3. The zero-order chi connectivity index (χ0) is 16.6. The second-order valence-corrected chi connectivity index (χ2v) is 5.61. The van der Waals surface area contributed by atoms with Crippen LogP contribution >= 0.6 is 0 Å². The van der Waals surface area contributed by atoms with Crippen molar-refractivity contribution in [1.29, 1.82) is 0 Å². The molecule has 1 aromatic carbocycles. The summed E-state index contributed by atoms with van der Waals surface area (Å²) in [5.41, 5.74) is 1.73. The van der Waals surface area contributed by atoms with Crippen LogP contribution in [-0.4, -0.2) is 44.8 Å². The van der Waals surface area contributed by atoms with Crippen LogP contribution in [-0.2, 0) is 4.79 Å². The molecule has 1 fully saturated rings. The van der Waals surface area contributed by atoms with E-state index >= 15 is 0 Å². The minimum Gasteiger partial charge on any atom is -0.481 e. The molecule has 3 rings (SSSR count). The highest BCUT2D eigenvalue weighted by Crippen LogP contribution is 2.21. The van der Waals surface area contributed by atoms with Crippen molar-refractivity contribution in [2.24, 2.45) is 5.92 Å². The number of benzene rings is 1. The fourth-order valence-corrected chi connectivity index (χ4v) is 2.78. The summed E-state index contributed by atoms with van der Waals surface area (Å²) in [5, 5.41) is 13.2. The standard InChI is InChI=1S/C16H16FN3O3/c1-10-14(15(21)19-7-6-11(9-19)16(22)23)8-18-20(10)13-4-2-12(17)3-5-13/h2-5,8,11H,6-7,9H2,1H3,(H,22,23)/t11-/m1/s1. The maximum absolute atomic E-state index is 13.0. The Morgan fingerprint density at radius 1 is 1.30 bits per heavy atom. The molecule has 1 aliphatic heterocycles. The minimum atomic E-state index is -0.876. The zero-order valence-electron chi connectivity index (χ0n) is 12.6. The molecule has 1 aliphatic rings. The number of hydrogen-bond donors (Lipinski definition) is 1. The Bertz CT molecular complexity index is 754.